The predicted molar refractivity (Wildman–Crippen MR) is 117 cm³/mol. The summed E-state index contributed by atoms with van der Waals surface area (Å²) in [6, 6.07) is 14.1. The van der Waals surface area contributed by atoms with Gasteiger partial charge in [0.15, 0.2) is 0 Å². The van der Waals surface area contributed by atoms with Gasteiger partial charge in [0.25, 0.3) is 0 Å². The molecule has 0 aliphatic carbocycles. The van der Waals surface area contributed by atoms with E-state index in [1.807, 2.05) is 25.1 Å². The van der Waals surface area contributed by atoms with Crippen LogP contribution in [0.15, 0.2) is 54.2 Å². The molecule has 31 heavy (non-hydrogen) atoms. The maximum absolute atomic E-state index is 11.3. The maximum atomic E-state index is 11.3. The van der Waals surface area contributed by atoms with Crippen molar-refractivity contribution in [2.45, 2.75) is 26.2 Å². The Labute approximate surface area is 182 Å². The van der Waals surface area contributed by atoms with Gasteiger partial charge in [-0.1, -0.05) is 31.2 Å². The van der Waals surface area contributed by atoms with Crippen molar-refractivity contribution in [2.24, 2.45) is 0 Å². The monoisotopic (exact) mass is 449 g/mol. The number of hydrogen-bond acceptors (Lipinski definition) is 7. The van der Waals surface area contributed by atoms with Crippen molar-refractivity contribution in [3.63, 3.8) is 0 Å². The van der Waals surface area contributed by atoms with E-state index in [2.05, 4.69) is 5.48 Å². The van der Waals surface area contributed by atoms with Crippen LogP contribution in [0.3, 0.4) is 0 Å². The molecule has 0 aromatic heterocycles. The van der Waals surface area contributed by atoms with E-state index in [9.17, 15) is 13.2 Å². The highest BCUT2D eigenvalue weighted by molar-refractivity contribution is 7.86. The smallest absolute Gasteiger partial charge is 0.309 e. The molecule has 2 N–H and O–H groups in total. The average Bonchev–Trinajstić information content (AvgIpc) is 2.67. The highest BCUT2D eigenvalue weighted by atomic mass is 32.2. The first-order valence-electron chi connectivity index (χ1n) is 9.76. The second-order valence-corrected chi connectivity index (χ2v) is 8.37. The third-order valence-corrected chi connectivity index (χ3v) is 4.35. The molecular weight excluding hydrogens is 422 g/mol. The summed E-state index contributed by atoms with van der Waals surface area (Å²) in [5.74, 6) is -0.0781. The van der Waals surface area contributed by atoms with Crippen LogP contribution in [0.25, 0.3) is 6.08 Å². The second kappa shape index (κ2) is 12.0. The highest BCUT2D eigenvalue weighted by Gasteiger charge is 2.07. The summed E-state index contributed by atoms with van der Waals surface area (Å²) < 4.78 is 33.2. The number of carboxylic acids is 1. The van der Waals surface area contributed by atoms with Crippen LogP contribution in [0.4, 0.5) is 0 Å². The van der Waals surface area contributed by atoms with Gasteiger partial charge in [-0.3, -0.25) is 15.1 Å². The lowest BCUT2D eigenvalue weighted by molar-refractivity contribution is -0.136. The fourth-order valence-electron chi connectivity index (χ4n) is 2.63. The van der Waals surface area contributed by atoms with Crippen LogP contribution < -0.4 is 14.4 Å². The van der Waals surface area contributed by atoms with E-state index in [1.54, 1.807) is 36.4 Å². The van der Waals surface area contributed by atoms with Crippen LogP contribution >= 0.6 is 0 Å². The Balaban J connectivity index is 1.98. The van der Waals surface area contributed by atoms with E-state index < -0.39 is 16.1 Å². The molecule has 8 nitrogen and oxygen atoms in total. The number of carboxylic acid groups (broad SMARTS) is 1. The molecule has 0 bridgehead atoms. The zero-order chi connectivity index (χ0) is 22.7. The lowest BCUT2D eigenvalue weighted by Gasteiger charge is -2.10. The number of ether oxygens (including phenoxy) is 1. The van der Waals surface area contributed by atoms with Crippen molar-refractivity contribution < 1.29 is 32.1 Å². The van der Waals surface area contributed by atoms with Gasteiger partial charge in [0.1, 0.15) is 11.5 Å². The lowest BCUT2D eigenvalue weighted by atomic mass is 10.1. The van der Waals surface area contributed by atoms with Gasteiger partial charge in [-0.25, -0.2) is 0 Å². The van der Waals surface area contributed by atoms with Gasteiger partial charge in [-0.05, 0) is 47.9 Å². The van der Waals surface area contributed by atoms with E-state index in [4.69, 9.17) is 18.9 Å². The maximum Gasteiger partial charge on any atom is 0.309 e. The Kier molecular flexibility index (Phi) is 9.36. The fraction of sp³-hybridized carbons (Fsp3) is 0.318. The quantitative estimate of drug-likeness (QED) is 0.272. The van der Waals surface area contributed by atoms with Crippen molar-refractivity contribution in [2.75, 3.05) is 19.5 Å². The van der Waals surface area contributed by atoms with Crippen molar-refractivity contribution in [3.05, 3.63) is 65.4 Å². The Morgan fingerprint density at radius 1 is 1.10 bits per heavy atom. The SMILES string of the molecule is CCCONC(=Cc1cccc(OCCc2cccc(OS(C)(=O)=O)c2)c1)CC(=O)O. The molecule has 0 aliphatic heterocycles. The number of hydroxylamine groups is 1. The summed E-state index contributed by atoms with van der Waals surface area (Å²) in [7, 11) is -3.58. The molecule has 0 amide bonds. The minimum absolute atomic E-state index is 0.194. The van der Waals surface area contributed by atoms with E-state index in [1.165, 1.54) is 0 Å². The summed E-state index contributed by atoms with van der Waals surface area (Å²) in [6.07, 6.45) is 3.86. The molecule has 0 atom stereocenters. The highest BCUT2D eigenvalue weighted by Crippen LogP contribution is 2.18. The van der Waals surface area contributed by atoms with Crippen LogP contribution in [0.5, 0.6) is 11.5 Å². The molecule has 2 aromatic carbocycles. The van der Waals surface area contributed by atoms with Crippen molar-refractivity contribution in [1.82, 2.24) is 5.48 Å². The molecule has 0 spiro atoms. The predicted octanol–water partition coefficient (Wildman–Crippen LogP) is 3.39. The summed E-state index contributed by atoms with van der Waals surface area (Å²) in [5.41, 5.74) is 4.76. The fourth-order valence-corrected chi connectivity index (χ4v) is 3.09. The summed E-state index contributed by atoms with van der Waals surface area (Å²) in [6.45, 7) is 2.80. The van der Waals surface area contributed by atoms with Gasteiger partial charge in [-0.15, -0.1) is 0 Å². The lowest BCUT2D eigenvalue weighted by Crippen LogP contribution is -2.17. The van der Waals surface area contributed by atoms with Crippen molar-refractivity contribution in [1.29, 1.82) is 0 Å². The van der Waals surface area contributed by atoms with Gasteiger partial charge in [0.2, 0.25) is 0 Å². The Bertz CT molecular complexity index is 1000. The zero-order valence-electron chi connectivity index (χ0n) is 17.5. The third-order valence-electron chi connectivity index (χ3n) is 3.86. The molecule has 0 aliphatic rings. The summed E-state index contributed by atoms with van der Waals surface area (Å²) in [4.78, 5) is 16.3. The molecule has 2 aromatic rings. The van der Waals surface area contributed by atoms with Crippen LogP contribution in [-0.2, 0) is 26.2 Å². The molecule has 2 rings (SSSR count). The van der Waals surface area contributed by atoms with Crippen LogP contribution in [0.2, 0.25) is 0 Å². The first kappa shape index (κ1) is 24.2. The number of rotatable bonds is 13. The standard InChI is InChI=1S/C22H27NO7S/c1-3-11-29-23-19(16-22(24)25)13-18-7-5-8-20(15-18)28-12-10-17-6-4-9-21(14-17)30-31(2,26)27/h4-9,13-15,23H,3,10-12,16H2,1-2H3,(H,24,25). The summed E-state index contributed by atoms with van der Waals surface area (Å²) >= 11 is 0. The molecule has 0 radical (unpaired) electrons. The normalized spacial score (nSPS) is 11.7. The topological polar surface area (TPSA) is 111 Å². The molecule has 0 heterocycles. The van der Waals surface area contributed by atoms with Gasteiger partial charge in [0.05, 0.1) is 25.9 Å². The van der Waals surface area contributed by atoms with E-state index in [0.29, 0.717) is 31.1 Å². The second-order valence-electron chi connectivity index (χ2n) is 6.80. The van der Waals surface area contributed by atoms with Gasteiger partial charge in [-0.2, -0.15) is 8.42 Å². The van der Waals surface area contributed by atoms with Crippen LogP contribution in [0.1, 0.15) is 30.9 Å². The molecular formula is C22H27NO7S. The minimum Gasteiger partial charge on any atom is -0.493 e. The first-order chi connectivity index (χ1) is 14.7. The van der Waals surface area contributed by atoms with Crippen LogP contribution in [-0.4, -0.2) is 39.0 Å². The Morgan fingerprint density at radius 2 is 1.84 bits per heavy atom. The third kappa shape index (κ3) is 10.0. The van der Waals surface area contributed by atoms with E-state index in [0.717, 1.165) is 23.8 Å². The average molecular weight is 450 g/mol. The molecule has 9 heteroatoms. The van der Waals surface area contributed by atoms with Gasteiger partial charge < -0.3 is 14.0 Å². The Morgan fingerprint density at radius 3 is 2.55 bits per heavy atom. The molecule has 168 valence electrons. The number of carbonyl (C=O) groups is 1. The molecule has 0 saturated carbocycles. The first-order valence-corrected chi connectivity index (χ1v) is 11.6. The van der Waals surface area contributed by atoms with E-state index >= 15 is 0 Å². The van der Waals surface area contributed by atoms with Gasteiger partial charge in [0, 0.05) is 12.1 Å². The molecule has 0 saturated heterocycles. The number of benzene rings is 2. The summed E-state index contributed by atoms with van der Waals surface area (Å²) in [5, 5.41) is 9.08. The molecule has 0 fully saturated rings. The minimum atomic E-state index is -3.58. The number of aliphatic carboxylic acids is 1. The molecule has 0 unspecified atom stereocenters. The Hall–Kier alpha value is -3.04. The van der Waals surface area contributed by atoms with E-state index in [-0.39, 0.29) is 12.2 Å². The zero-order valence-corrected chi connectivity index (χ0v) is 18.4. The number of hydrogen-bond donors (Lipinski definition) is 2. The van der Waals surface area contributed by atoms with Crippen molar-refractivity contribution in [3.8, 4) is 11.5 Å². The van der Waals surface area contributed by atoms with Crippen LogP contribution in [0, 0.1) is 0 Å². The number of nitrogens with one attached hydrogen (secondary N) is 1. The largest absolute Gasteiger partial charge is 0.493 e. The van der Waals surface area contributed by atoms with Gasteiger partial charge >= 0.3 is 16.1 Å². The van der Waals surface area contributed by atoms with Crippen molar-refractivity contribution >= 4 is 22.2 Å².